The van der Waals surface area contributed by atoms with Gasteiger partial charge >= 0.3 is 5.97 Å². The van der Waals surface area contributed by atoms with E-state index in [0.29, 0.717) is 10.8 Å². The van der Waals surface area contributed by atoms with Crippen LogP contribution < -0.4 is 10.9 Å². The van der Waals surface area contributed by atoms with Crippen molar-refractivity contribution >= 4 is 22.6 Å². The van der Waals surface area contributed by atoms with E-state index in [4.69, 9.17) is 4.74 Å². The van der Waals surface area contributed by atoms with Crippen LogP contribution in [0.15, 0.2) is 47.3 Å². The molecule has 0 bridgehead atoms. The molecule has 1 atom stereocenters. The van der Waals surface area contributed by atoms with Crippen molar-refractivity contribution in [3.8, 4) is 0 Å². The van der Waals surface area contributed by atoms with Gasteiger partial charge in [-0.3, -0.25) is 9.59 Å². The molecule has 160 valence electrons. The lowest BCUT2D eigenvalue weighted by molar-refractivity contribution is -0.124. The van der Waals surface area contributed by atoms with Gasteiger partial charge in [-0.2, -0.15) is 5.10 Å². The molecule has 4 rings (SSSR count). The van der Waals surface area contributed by atoms with Crippen molar-refractivity contribution in [3.05, 3.63) is 75.2 Å². The first-order valence-electron chi connectivity index (χ1n) is 10.5. The second-order valence-electron chi connectivity index (χ2n) is 7.92. The van der Waals surface area contributed by atoms with Gasteiger partial charge in [0.1, 0.15) is 0 Å². The fourth-order valence-electron chi connectivity index (χ4n) is 4.04. The minimum Gasteiger partial charge on any atom is -0.451 e. The number of nitrogens with one attached hydrogen (secondary N) is 1. The molecule has 0 aliphatic heterocycles. The molecule has 0 spiro atoms. The number of carbonyl (C=O) groups is 2. The van der Waals surface area contributed by atoms with Crippen molar-refractivity contribution in [1.82, 2.24) is 15.1 Å². The minimum absolute atomic E-state index is 0.00763. The largest absolute Gasteiger partial charge is 0.451 e. The Morgan fingerprint density at radius 2 is 1.81 bits per heavy atom. The highest BCUT2D eigenvalue weighted by Gasteiger charge is 2.19. The third-order valence-corrected chi connectivity index (χ3v) is 5.73. The molecule has 1 N–H and O–H groups in total. The zero-order chi connectivity index (χ0) is 22.0. The minimum atomic E-state index is -0.747. The molecule has 1 aliphatic rings. The van der Waals surface area contributed by atoms with Crippen LogP contribution in [0.5, 0.6) is 0 Å². The Bertz CT molecular complexity index is 1220. The summed E-state index contributed by atoms with van der Waals surface area (Å²) in [5, 5.41) is 7.68. The predicted molar refractivity (Wildman–Crippen MR) is 117 cm³/mol. The Morgan fingerprint density at radius 1 is 1.10 bits per heavy atom. The number of rotatable bonds is 5. The Kier molecular flexibility index (Phi) is 5.84. The summed E-state index contributed by atoms with van der Waals surface area (Å²) in [7, 11) is 1.47. The molecule has 2 aromatic carbocycles. The topological polar surface area (TPSA) is 90.3 Å². The third-order valence-electron chi connectivity index (χ3n) is 5.73. The molecule has 1 heterocycles. The Morgan fingerprint density at radius 3 is 2.58 bits per heavy atom. The van der Waals surface area contributed by atoms with Crippen LogP contribution in [0, 0.1) is 0 Å². The number of hydrogen-bond donors (Lipinski definition) is 1. The van der Waals surface area contributed by atoms with Gasteiger partial charge < -0.3 is 10.1 Å². The second kappa shape index (κ2) is 8.71. The summed E-state index contributed by atoms with van der Waals surface area (Å²) in [4.78, 5) is 37.1. The second-order valence-corrected chi connectivity index (χ2v) is 7.92. The number of benzene rings is 2. The lowest BCUT2D eigenvalue weighted by Crippen LogP contribution is -2.32. The number of amides is 1. The molecule has 0 saturated heterocycles. The summed E-state index contributed by atoms with van der Waals surface area (Å²) < 4.78 is 6.29. The number of hydrogen-bond acceptors (Lipinski definition) is 5. The van der Waals surface area contributed by atoms with Crippen LogP contribution in [-0.2, 0) is 29.4 Å². The van der Waals surface area contributed by atoms with Crippen molar-refractivity contribution in [2.45, 2.75) is 38.6 Å². The smallest absolute Gasteiger partial charge is 0.359 e. The average Bonchev–Trinajstić information content (AvgIpc) is 2.79. The summed E-state index contributed by atoms with van der Waals surface area (Å²) in [6, 6.07) is 12.8. The molecular weight excluding hydrogens is 394 g/mol. The van der Waals surface area contributed by atoms with Gasteiger partial charge in [0.15, 0.2) is 12.3 Å². The molecule has 1 aromatic heterocycles. The Hall–Kier alpha value is -3.48. The molecular formula is C24H25N3O4. The van der Waals surface area contributed by atoms with Crippen molar-refractivity contribution < 1.29 is 14.3 Å². The van der Waals surface area contributed by atoms with E-state index in [-0.39, 0.29) is 17.3 Å². The quantitative estimate of drug-likeness (QED) is 0.643. The number of aryl methyl sites for hydroxylation is 3. The van der Waals surface area contributed by atoms with E-state index in [9.17, 15) is 14.4 Å². The molecule has 0 unspecified atom stereocenters. The van der Waals surface area contributed by atoms with Gasteiger partial charge in [0.2, 0.25) is 0 Å². The molecule has 3 aromatic rings. The molecule has 31 heavy (non-hydrogen) atoms. The van der Waals surface area contributed by atoms with E-state index < -0.39 is 18.5 Å². The van der Waals surface area contributed by atoms with Gasteiger partial charge in [-0.15, -0.1) is 0 Å². The summed E-state index contributed by atoms with van der Waals surface area (Å²) >= 11 is 0. The first kappa shape index (κ1) is 20.8. The van der Waals surface area contributed by atoms with Gasteiger partial charge in [-0.25, -0.2) is 9.48 Å². The highest BCUT2D eigenvalue weighted by molar-refractivity contribution is 6.02. The Labute approximate surface area is 180 Å². The number of nitrogens with zero attached hydrogens (tertiary/aromatic N) is 2. The molecule has 7 nitrogen and oxygen atoms in total. The SMILES string of the molecule is C[C@H](NC(=O)COC(=O)c1nn(C)c(=O)c2ccccc12)c1ccc2c(c1)CCCC2. The molecule has 1 amide bonds. The highest BCUT2D eigenvalue weighted by atomic mass is 16.5. The molecule has 1 aliphatic carbocycles. The number of fused-ring (bicyclic) bond motifs is 2. The van der Waals surface area contributed by atoms with Crippen LogP contribution in [-0.4, -0.2) is 28.3 Å². The van der Waals surface area contributed by atoms with E-state index >= 15 is 0 Å². The summed E-state index contributed by atoms with van der Waals surface area (Å²) in [6.45, 7) is 1.49. The van der Waals surface area contributed by atoms with Crippen LogP contribution in [0.4, 0.5) is 0 Å². The van der Waals surface area contributed by atoms with Crippen molar-refractivity contribution in [1.29, 1.82) is 0 Å². The maximum atomic E-state index is 12.6. The van der Waals surface area contributed by atoms with E-state index in [1.807, 2.05) is 13.0 Å². The van der Waals surface area contributed by atoms with Gasteiger partial charge in [0.05, 0.1) is 11.4 Å². The number of ether oxygens (including phenoxy) is 1. The van der Waals surface area contributed by atoms with E-state index in [1.54, 1.807) is 24.3 Å². The number of aromatic nitrogens is 2. The van der Waals surface area contributed by atoms with Gasteiger partial charge in [0.25, 0.3) is 11.5 Å². The van der Waals surface area contributed by atoms with E-state index in [0.717, 1.165) is 23.1 Å². The monoisotopic (exact) mass is 419 g/mol. The first-order chi connectivity index (χ1) is 14.9. The number of carbonyl (C=O) groups excluding carboxylic acids is 2. The van der Waals surface area contributed by atoms with Gasteiger partial charge in [-0.1, -0.05) is 36.4 Å². The van der Waals surface area contributed by atoms with E-state index in [1.165, 1.54) is 31.0 Å². The normalized spacial score (nSPS) is 14.0. The first-order valence-corrected chi connectivity index (χ1v) is 10.5. The van der Waals surface area contributed by atoms with Gasteiger partial charge in [-0.05, 0) is 55.4 Å². The highest BCUT2D eigenvalue weighted by Crippen LogP contribution is 2.24. The molecule has 7 heteroatoms. The van der Waals surface area contributed by atoms with Gasteiger partial charge in [0, 0.05) is 12.4 Å². The lowest BCUT2D eigenvalue weighted by atomic mass is 9.89. The van der Waals surface area contributed by atoms with Crippen molar-refractivity contribution in [3.63, 3.8) is 0 Å². The van der Waals surface area contributed by atoms with Crippen LogP contribution in [0.2, 0.25) is 0 Å². The predicted octanol–water partition coefficient (Wildman–Crippen LogP) is 2.85. The lowest BCUT2D eigenvalue weighted by Gasteiger charge is -2.20. The summed E-state index contributed by atoms with van der Waals surface area (Å²) in [5.74, 6) is -1.14. The number of esters is 1. The summed E-state index contributed by atoms with van der Waals surface area (Å²) in [5.41, 5.74) is 3.48. The zero-order valence-corrected chi connectivity index (χ0v) is 17.7. The van der Waals surface area contributed by atoms with Crippen LogP contribution >= 0.6 is 0 Å². The van der Waals surface area contributed by atoms with Crippen LogP contribution in [0.25, 0.3) is 10.8 Å². The fraction of sp³-hybridized carbons (Fsp3) is 0.333. The summed E-state index contributed by atoms with van der Waals surface area (Å²) in [6.07, 6.45) is 4.60. The molecule has 0 fully saturated rings. The Balaban J connectivity index is 1.41. The average molecular weight is 419 g/mol. The molecule has 0 saturated carbocycles. The van der Waals surface area contributed by atoms with E-state index in [2.05, 4.69) is 22.5 Å². The maximum absolute atomic E-state index is 12.6. The molecule has 0 radical (unpaired) electrons. The third kappa shape index (κ3) is 4.35. The van der Waals surface area contributed by atoms with Crippen LogP contribution in [0.3, 0.4) is 0 Å². The zero-order valence-electron chi connectivity index (χ0n) is 17.7. The van der Waals surface area contributed by atoms with Crippen LogP contribution in [0.1, 0.15) is 53.0 Å². The maximum Gasteiger partial charge on any atom is 0.359 e. The van der Waals surface area contributed by atoms with Crippen molar-refractivity contribution in [2.75, 3.05) is 6.61 Å². The fourth-order valence-corrected chi connectivity index (χ4v) is 4.04. The van der Waals surface area contributed by atoms with Crippen molar-refractivity contribution in [2.24, 2.45) is 7.05 Å². The standard InChI is InChI=1S/C24H25N3O4/c1-15(17-12-11-16-7-3-4-8-18(16)13-17)25-21(28)14-31-24(30)22-19-9-5-6-10-20(19)23(29)27(2)26-22/h5-6,9-13,15H,3-4,7-8,14H2,1-2H3,(H,25,28)/t15-/m0/s1.